The SMILES string of the molecule is CC(C)[C@H](OC(=O)c1ccccc1SC[C@H]1CCCO1)C(=O)NC(N)=O. The van der Waals surface area contributed by atoms with Gasteiger partial charge in [-0.2, -0.15) is 0 Å². The molecular formula is C18H24N2O5S. The number of primary amides is 1. The van der Waals surface area contributed by atoms with E-state index in [1.54, 1.807) is 26.0 Å². The van der Waals surface area contributed by atoms with E-state index in [1.807, 2.05) is 17.4 Å². The molecule has 0 spiro atoms. The van der Waals surface area contributed by atoms with Crippen molar-refractivity contribution in [2.24, 2.45) is 11.7 Å². The Morgan fingerprint density at radius 1 is 1.35 bits per heavy atom. The van der Waals surface area contributed by atoms with Gasteiger partial charge in [-0.1, -0.05) is 26.0 Å². The number of benzene rings is 1. The molecule has 8 heteroatoms. The van der Waals surface area contributed by atoms with E-state index >= 15 is 0 Å². The van der Waals surface area contributed by atoms with Crippen LogP contribution >= 0.6 is 11.8 Å². The summed E-state index contributed by atoms with van der Waals surface area (Å²) in [6.07, 6.45) is 1.16. The van der Waals surface area contributed by atoms with Crippen LogP contribution in [0.25, 0.3) is 0 Å². The summed E-state index contributed by atoms with van der Waals surface area (Å²) in [5.74, 6) is -0.908. The van der Waals surface area contributed by atoms with Crippen molar-refractivity contribution in [3.8, 4) is 0 Å². The number of nitrogens with two attached hydrogens (primary N) is 1. The summed E-state index contributed by atoms with van der Waals surface area (Å²) in [7, 11) is 0. The zero-order chi connectivity index (χ0) is 19.1. The maximum atomic E-state index is 12.6. The lowest BCUT2D eigenvalue weighted by Gasteiger charge is -2.20. The number of esters is 1. The lowest BCUT2D eigenvalue weighted by Crippen LogP contribution is -2.45. The predicted octanol–water partition coefficient (Wildman–Crippen LogP) is 2.33. The van der Waals surface area contributed by atoms with Crippen LogP contribution in [0.2, 0.25) is 0 Å². The third kappa shape index (κ3) is 5.74. The Kier molecular flexibility index (Phi) is 7.47. The van der Waals surface area contributed by atoms with E-state index < -0.39 is 24.0 Å². The fourth-order valence-corrected chi connectivity index (χ4v) is 3.69. The number of thioether (sulfide) groups is 1. The minimum absolute atomic E-state index is 0.189. The molecule has 0 saturated carbocycles. The summed E-state index contributed by atoms with van der Waals surface area (Å²) in [5.41, 5.74) is 5.35. The van der Waals surface area contributed by atoms with E-state index in [9.17, 15) is 14.4 Å². The lowest BCUT2D eigenvalue weighted by molar-refractivity contribution is -0.130. The Balaban J connectivity index is 2.07. The largest absolute Gasteiger partial charge is 0.448 e. The molecule has 0 radical (unpaired) electrons. The number of rotatable bonds is 7. The van der Waals surface area contributed by atoms with Gasteiger partial charge in [0.25, 0.3) is 5.91 Å². The molecule has 1 aliphatic heterocycles. The summed E-state index contributed by atoms with van der Waals surface area (Å²) >= 11 is 1.53. The molecule has 26 heavy (non-hydrogen) atoms. The third-order valence-electron chi connectivity index (χ3n) is 3.90. The number of hydrogen-bond donors (Lipinski definition) is 2. The van der Waals surface area contributed by atoms with Crippen LogP contribution in [-0.2, 0) is 14.3 Å². The molecule has 1 fully saturated rings. The van der Waals surface area contributed by atoms with Crippen LogP contribution in [0.15, 0.2) is 29.2 Å². The summed E-state index contributed by atoms with van der Waals surface area (Å²) in [6, 6.07) is 6.09. The highest BCUT2D eigenvalue weighted by atomic mass is 32.2. The Morgan fingerprint density at radius 2 is 2.08 bits per heavy atom. The van der Waals surface area contributed by atoms with Gasteiger partial charge < -0.3 is 15.2 Å². The van der Waals surface area contributed by atoms with Crippen LogP contribution in [-0.4, -0.2) is 42.5 Å². The van der Waals surface area contributed by atoms with E-state index in [4.69, 9.17) is 15.2 Å². The van der Waals surface area contributed by atoms with Crippen LogP contribution in [0.3, 0.4) is 0 Å². The number of ether oxygens (including phenoxy) is 2. The van der Waals surface area contributed by atoms with Gasteiger partial charge >= 0.3 is 12.0 Å². The van der Waals surface area contributed by atoms with Gasteiger partial charge in [0, 0.05) is 17.3 Å². The lowest BCUT2D eigenvalue weighted by atomic mass is 10.1. The molecule has 0 aromatic heterocycles. The molecule has 1 saturated heterocycles. The van der Waals surface area contributed by atoms with E-state index in [0.717, 1.165) is 30.1 Å². The fraction of sp³-hybridized carbons (Fsp3) is 0.500. The zero-order valence-corrected chi connectivity index (χ0v) is 15.7. The smallest absolute Gasteiger partial charge is 0.340 e. The standard InChI is InChI=1S/C18H24N2O5S/c1-11(2)15(16(21)20-18(19)23)25-17(22)13-7-3-4-8-14(13)26-10-12-6-5-9-24-12/h3-4,7-8,11-12,15H,5-6,9-10H2,1-2H3,(H3,19,20,21,23)/t12-,15+/m1/s1. The Bertz CT molecular complexity index is 659. The predicted molar refractivity (Wildman–Crippen MR) is 97.9 cm³/mol. The molecule has 1 heterocycles. The van der Waals surface area contributed by atoms with E-state index in [2.05, 4.69) is 0 Å². The number of urea groups is 1. The molecule has 142 valence electrons. The highest BCUT2D eigenvalue weighted by molar-refractivity contribution is 7.99. The summed E-state index contributed by atoms with van der Waals surface area (Å²) in [5, 5.41) is 1.96. The second-order valence-electron chi connectivity index (χ2n) is 6.37. The molecule has 7 nitrogen and oxygen atoms in total. The maximum Gasteiger partial charge on any atom is 0.340 e. The van der Waals surface area contributed by atoms with Gasteiger partial charge in [-0.05, 0) is 30.9 Å². The highest BCUT2D eigenvalue weighted by Gasteiger charge is 2.29. The Labute approximate surface area is 157 Å². The van der Waals surface area contributed by atoms with Gasteiger partial charge in [0.15, 0.2) is 6.10 Å². The van der Waals surface area contributed by atoms with Gasteiger partial charge in [0.05, 0.1) is 11.7 Å². The molecule has 0 aliphatic carbocycles. The van der Waals surface area contributed by atoms with Gasteiger partial charge in [-0.3, -0.25) is 10.1 Å². The summed E-state index contributed by atoms with van der Waals surface area (Å²) in [4.78, 5) is 36.3. The number of carbonyl (C=O) groups excluding carboxylic acids is 3. The van der Waals surface area contributed by atoms with Crippen molar-refractivity contribution in [3.63, 3.8) is 0 Å². The zero-order valence-electron chi connectivity index (χ0n) is 14.9. The first-order valence-corrected chi connectivity index (χ1v) is 9.51. The Morgan fingerprint density at radius 3 is 2.69 bits per heavy atom. The molecule has 1 aromatic carbocycles. The van der Waals surface area contributed by atoms with Crippen molar-refractivity contribution in [2.45, 2.75) is 43.8 Å². The third-order valence-corrected chi connectivity index (χ3v) is 5.11. The minimum Gasteiger partial charge on any atom is -0.448 e. The first-order valence-electron chi connectivity index (χ1n) is 8.53. The number of carbonyl (C=O) groups is 3. The second-order valence-corrected chi connectivity index (χ2v) is 7.43. The molecule has 2 rings (SSSR count). The molecule has 0 bridgehead atoms. The van der Waals surface area contributed by atoms with Crippen LogP contribution in [0.4, 0.5) is 4.79 Å². The minimum atomic E-state index is -1.11. The van der Waals surface area contributed by atoms with Crippen molar-refractivity contribution in [2.75, 3.05) is 12.4 Å². The number of nitrogens with one attached hydrogen (secondary N) is 1. The monoisotopic (exact) mass is 380 g/mol. The molecular weight excluding hydrogens is 356 g/mol. The number of amides is 3. The highest BCUT2D eigenvalue weighted by Crippen LogP contribution is 2.27. The summed E-state index contributed by atoms with van der Waals surface area (Å²) in [6.45, 7) is 4.22. The first kappa shape index (κ1) is 20.3. The van der Waals surface area contributed by atoms with Gasteiger partial charge in [0.2, 0.25) is 0 Å². The molecule has 3 N–H and O–H groups in total. The van der Waals surface area contributed by atoms with Crippen molar-refractivity contribution >= 4 is 29.7 Å². The topological polar surface area (TPSA) is 108 Å². The van der Waals surface area contributed by atoms with E-state index in [-0.39, 0.29) is 12.0 Å². The van der Waals surface area contributed by atoms with Crippen LogP contribution in [0.5, 0.6) is 0 Å². The normalized spacial score (nSPS) is 17.7. The molecule has 0 unspecified atom stereocenters. The van der Waals surface area contributed by atoms with Gasteiger partial charge in [-0.15, -0.1) is 11.8 Å². The maximum absolute atomic E-state index is 12.6. The summed E-state index contributed by atoms with van der Waals surface area (Å²) < 4.78 is 11.0. The van der Waals surface area contributed by atoms with Crippen molar-refractivity contribution in [1.82, 2.24) is 5.32 Å². The molecule has 1 aromatic rings. The van der Waals surface area contributed by atoms with Crippen LogP contribution < -0.4 is 11.1 Å². The van der Waals surface area contributed by atoms with E-state index in [0.29, 0.717) is 5.56 Å². The van der Waals surface area contributed by atoms with E-state index in [1.165, 1.54) is 11.8 Å². The molecule has 1 aliphatic rings. The van der Waals surface area contributed by atoms with Crippen molar-refractivity contribution < 1.29 is 23.9 Å². The Hall–Kier alpha value is -2.06. The van der Waals surface area contributed by atoms with Crippen LogP contribution in [0.1, 0.15) is 37.0 Å². The first-order chi connectivity index (χ1) is 12.4. The average molecular weight is 380 g/mol. The number of hydrogen-bond acceptors (Lipinski definition) is 6. The quantitative estimate of drug-likeness (QED) is 0.555. The second kappa shape index (κ2) is 9.59. The molecule has 2 atom stereocenters. The fourth-order valence-electron chi connectivity index (χ4n) is 2.58. The average Bonchev–Trinajstić information content (AvgIpc) is 3.10. The van der Waals surface area contributed by atoms with Crippen LogP contribution in [0, 0.1) is 5.92 Å². The molecule has 3 amide bonds. The van der Waals surface area contributed by atoms with Crippen molar-refractivity contribution in [3.05, 3.63) is 29.8 Å². The van der Waals surface area contributed by atoms with Crippen molar-refractivity contribution in [1.29, 1.82) is 0 Å². The number of imide groups is 1. The van der Waals surface area contributed by atoms with Gasteiger partial charge in [-0.25, -0.2) is 9.59 Å². The van der Waals surface area contributed by atoms with Gasteiger partial charge in [0.1, 0.15) is 0 Å².